The van der Waals surface area contributed by atoms with Crippen molar-refractivity contribution in [2.45, 2.75) is 24.8 Å². The molecule has 1 fully saturated rings. The van der Waals surface area contributed by atoms with Crippen molar-refractivity contribution in [3.8, 4) is 6.07 Å². The molecule has 0 amide bonds. The highest BCUT2D eigenvalue weighted by Crippen LogP contribution is 2.38. The zero-order chi connectivity index (χ0) is 10.9. The molecule has 2 rings (SSSR count). The molecule has 0 aromatic carbocycles. The molecule has 1 heterocycles. The topological polar surface area (TPSA) is 61.6 Å². The fourth-order valence-corrected chi connectivity index (χ4v) is 1.43. The average Bonchev–Trinajstić information content (AvgIpc) is 2.16. The SMILES string of the molecule is N#Cc1cnc(NC2CC(F)(F)C2)cn1. The lowest BCUT2D eigenvalue weighted by Gasteiger charge is -2.35. The first kappa shape index (κ1) is 9.77. The Morgan fingerprint density at radius 2 is 2.13 bits per heavy atom. The number of hydrogen-bond donors (Lipinski definition) is 1. The molecule has 0 unspecified atom stereocenters. The number of halogens is 2. The maximum Gasteiger partial charge on any atom is 0.252 e. The van der Waals surface area contributed by atoms with Gasteiger partial charge in [-0.05, 0) is 0 Å². The van der Waals surface area contributed by atoms with Gasteiger partial charge < -0.3 is 5.32 Å². The summed E-state index contributed by atoms with van der Waals surface area (Å²) in [5.74, 6) is -2.12. The maximum atomic E-state index is 12.5. The van der Waals surface area contributed by atoms with E-state index in [0.717, 1.165) is 0 Å². The Labute approximate surface area is 85.0 Å². The molecule has 0 atom stereocenters. The van der Waals surface area contributed by atoms with Crippen LogP contribution in [0, 0.1) is 11.3 Å². The van der Waals surface area contributed by atoms with Crippen LogP contribution in [-0.2, 0) is 0 Å². The molecule has 0 spiro atoms. The number of anilines is 1. The van der Waals surface area contributed by atoms with E-state index >= 15 is 0 Å². The van der Waals surface area contributed by atoms with Crippen LogP contribution in [0.5, 0.6) is 0 Å². The third-order valence-electron chi connectivity index (χ3n) is 2.21. The zero-order valence-corrected chi connectivity index (χ0v) is 7.74. The van der Waals surface area contributed by atoms with Crippen molar-refractivity contribution in [3.63, 3.8) is 0 Å². The molecule has 1 aromatic heterocycles. The van der Waals surface area contributed by atoms with Gasteiger partial charge in [-0.15, -0.1) is 0 Å². The molecule has 6 heteroatoms. The highest BCUT2D eigenvalue weighted by molar-refractivity contribution is 5.35. The van der Waals surface area contributed by atoms with Crippen LogP contribution in [-0.4, -0.2) is 21.9 Å². The second kappa shape index (κ2) is 3.42. The lowest BCUT2D eigenvalue weighted by Crippen LogP contribution is -2.44. The molecular formula is C9H8F2N4. The van der Waals surface area contributed by atoms with Gasteiger partial charge in [-0.3, -0.25) is 0 Å². The summed E-state index contributed by atoms with van der Waals surface area (Å²) in [6.07, 6.45) is 2.33. The fourth-order valence-electron chi connectivity index (χ4n) is 1.43. The molecule has 0 bridgehead atoms. The Bertz CT molecular complexity index is 388. The first-order valence-corrected chi connectivity index (χ1v) is 4.45. The van der Waals surface area contributed by atoms with Gasteiger partial charge >= 0.3 is 0 Å². The van der Waals surface area contributed by atoms with Gasteiger partial charge in [-0.2, -0.15) is 5.26 Å². The summed E-state index contributed by atoms with van der Waals surface area (Å²) in [5, 5.41) is 11.3. The predicted octanol–water partition coefficient (Wildman–Crippen LogP) is 1.56. The third-order valence-corrected chi connectivity index (χ3v) is 2.21. The van der Waals surface area contributed by atoms with Gasteiger partial charge in [-0.1, -0.05) is 0 Å². The molecule has 1 N–H and O–H groups in total. The first-order chi connectivity index (χ1) is 7.09. The molecule has 1 aliphatic carbocycles. The molecule has 15 heavy (non-hydrogen) atoms. The predicted molar refractivity (Wildman–Crippen MR) is 48.3 cm³/mol. The molecule has 4 nitrogen and oxygen atoms in total. The summed E-state index contributed by atoms with van der Waals surface area (Å²) in [6, 6.07) is 1.58. The van der Waals surface area contributed by atoms with E-state index in [1.54, 1.807) is 0 Å². The summed E-state index contributed by atoms with van der Waals surface area (Å²) in [4.78, 5) is 7.65. The summed E-state index contributed by atoms with van der Waals surface area (Å²) in [5.41, 5.74) is 0.208. The van der Waals surface area contributed by atoms with Gasteiger partial charge in [0.05, 0.1) is 12.4 Å². The Morgan fingerprint density at radius 3 is 2.60 bits per heavy atom. The van der Waals surface area contributed by atoms with Crippen LogP contribution in [0.2, 0.25) is 0 Å². The summed E-state index contributed by atoms with van der Waals surface area (Å²) in [6.45, 7) is 0. The number of nitrogens with zero attached hydrogens (tertiary/aromatic N) is 3. The van der Waals surface area contributed by atoms with E-state index in [4.69, 9.17) is 5.26 Å². The van der Waals surface area contributed by atoms with E-state index in [2.05, 4.69) is 15.3 Å². The Kier molecular flexibility index (Phi) is 2.23. The normalized spacial score (nSPS) is 19.0. The van der Waals surface area contributed by atoms with E-state index in [0.29, 0.717) is 5.82 Å². The van der Waals surface area contributed by atoms with Crippen LogP contribution < -0.4 is 5.32 Å². The molecule has 1 saturated carbocycles. The van der Waals surface area contributed by atoms with Crippen LogP contribution in [0.1, 0.15) is 18.5 Å². The second-order valence-corrected chi connectivity index (χ2v) is 3.50. The second-order valence-electron chi connectivity index (χ2n) is 3.50. The standard InChI is InChI=1S/C9H8F2N4/c10-9(11)1-6(2-9)15-8-5-13-7(3-12)4-14-8/h4-6H,1-2H2,(H,14,15). The highest BCUT2D eigenvalue weighted by atomic mass is 19.3. The van der Waals surface area contributed by atoms with Crippen molar-refractivity contribution in [1.29, 1.82) is 5.26 Å². The lowest BCUT2D eigenvalue weighted by molar-refractivity contribution is -0.0794. The highest BCUT2D eigenvalue weighted by Gasteiger charge is 2.45. The Balaban J connectivity index is 1.93. The van der Waals surface area contributed by atoms with Crippen molar-refractivity contribution in [2.24, 2.45) is 0 Å². The Hall–Kier alpha value is -1.77. The van der Waals surface area contributed by atoms with Crippen LogP contribution >= 0.6 is 0 Å². The molecule has 0 saturated heterocycles. The maximum absolute atomic E-state index is 12.5. The van der Waals surface area contributed by atoms with Crippen LogP contribution in [0.3, 0.4) is 0 Å². The number of aromatic nitrogens is 2. The van der Waals surface area contributed by atoms with E-state index in [1.165, 1.54) is 12.4 Å². The van der Waals surface area contributed by atoms with Crippen molar-refractivity contribution in [2.75, 3.05) is 5.32 Å². The van der Waals surface area contributed by atoms with Crippen LogP contribution in [0.4, 0.5) is 14.6 Å². The lowest BCUT2D eigenvalue weighted by atomic mass is 9.88. The molecular weight excluding hydrogens is 202 g/mol. The average molecular weight is 210 g/mol. The Morgan fingerprint density at radius 1 is 1.40 bits per heavy atom. The van der Waals surface area contributed by atoms with Crippen LogP contribution in [0.25, 0.3) is 0 Å². The van der Waals surface area contributed by atoms with Crippen molar-refractivity contribution in [1.82, 2.24) is 9.97 Å². The minimum Gasteiger partial charge on any atom is -0.366 e. The number of nitriles is 1. The number of rotatable bonds is 2. The fraction of sp³-hybridized carbons (Fsp3) is 0.444. The zero-order valence-electron chi connectivity index (χ0n) is 7.74. The summed E-state index contributed by atoms with van der Waals surface area (Å²) in [7, 11) is 0. The molecule has 0 aliphatic heterocycles. The molecule has 78 valence electrons. The monoisotopic (exact) mass is 210 g/mol. The molecule has 0 radical (unpaired) electrons. The van der Waals surface area contributed by atoms with Crippen molar-refractivity contribution < 1.29 is 8.78 Å². The van der Waals surface area contributed by atoms with E-state index in [9.17, 15) is 8.78 Å². The third kappa shape index (κ3) is 2.18. The quantitative estimate of drug-likeness (QED) is 0.804. The largest absolute Gasteiger partial charge is 0.366 e. The number of hydrogen-bond acceptors (Lipinski definition) is 4. The smallest absolute Gasteiger partial charge is 0.252 e. The van der Waals surface area contributed by atoms with Crippen molar-refractivity contribution in [3.05, 3.63) is 18.1 Å². The van der Waals surface area contributed by atoms with Gasteiger partial charge in [0.15, 0.2) is 5.69 Å². The first-order valence-electron chi connectivity index (χ1n) is 4.45. The summed E-state index contributed by atoms with van der Waals surface area (Å²) < 4.78 is 25.0. The van der Waals surface area contributed by atoms with Crippen LogP contribution in [0.15, 0.2) is 12.4 Å². The minimum absolute atomic E-state index is 0.172. The van der Waals surface area contributed by atoms with Gasteiger partial charge in [0.25, 0.3) is 5.92 Å². The van der Waals surface area contributed by atoms with E-state index in [-0.39, 0.29) is 24.6 Å². The number of alkyl halides is 2. The van der Waals surface area contributed by atoms with Crippen molar-refractivity contribution >= 4 is 5.82 Å². The molecule has 1 aliphatic rings. The van der Waals surface area contributed by atoms with Gasteiger partial charge in [0.1, 0.15) is 11.9 Å². The minimum atomic E-state index is -2.54. The van der Waals surface area contributed by atoms with Gasteiger partial charge in [0, 0.05) is 18.9 Å². The van der Waals surface area contributed by atoms with E-state index in [1.807, 2.05) is 6.07 Å². The van der Waals surface area contributed by atoms with Gasteiger partial charge in [-0.25, -0.2) is 18.7 Å². The number of nitrogens with one attached hydrogen (secondary N) is 1. The van der Waals surface area contributed by atoms with E-state index < -0.39 is 5.92 Å². The van der Waals surface area contributed by atoms with Gasteiger partial charge in [0.2, 0.25) is 0 Å². The molecule has 1 aromatic rings. The summed E-state index contributed by atoms with van der Waals surface area (Å²) >= 11 is 0.